The molecule has 3 nitrogen and oxygen atoms in total. The third-order valence-electron chi connectivity index (χ3n) is 1.37. The predicted octanol–water partition coefficient (Wildman–Crippen LogP) is 2.97. The summed E-state index contributed by atoms with van der Waals surface area (Å²) in [6, 6.07) is 4.46. The van der Waals surface area contributed by atoms with Gasteiger partial charge in [0, 0.05) is 5.02 Å². The summed E-state index contributed by atoms with van der Waals surface area (Å²) in [7, 11) is 0. The van der Waals surface area contributed by atoms with Crippen LogP contribution in [0.3, 0.4) is 0 Å². The van der Waals surface area contributed by atoms with Gasteiger partial charge in [0.15, 0.2) is 0 Å². The van der Waals surface area contributed by atoms with E-state index >= 15 is 0 Å². The van der Waals surface area contributed by atoms with E-state index in [2.05, 4.69) is 6.58 Å². The third kappa shape index (κ3) is 2.65. The Morgan fingerprint density at radius 3 is 2.57 bits per heavy atom. The summed E-state index contributed by atoms with van der Waals surface area (Å²) in [5.41, 5.74) is 0. The van der Waals surface area contributed by atoms with E-state index in [1.54, 1.807) is 0 Å². The van der Waals surface area contributed by atoms with Crippen molar-refractivity contribution in [2.45, 2.75) is 0 Å². The number of ether oxygens (including phenoxy) is 1. The molecule has 0 aromatic heterocycles. The number of hydrogen-bond acceptors (Lipinski definition) is 2. The summed E-state index contributed by atoms with van der Waals surface area (Å²) >= 11 is 11.4. The number of halogens is 2. The Labute approximate surface area is 90.5 Å². The largest absolute Gasteiger partial charge is 0.475 e. The highest BCUT2D eigenvalue weighted by Crippen LogP contribution is 2.28. The van der Waals surface area contributed by atoms with Crippen LogP contribution in [0.15, 0.2) is 30.5 Å². The molecule has 0 amide bonds. The van der Waals surface area contributed by atoms with Gasteiger partial charge in [0.05, 0.1) is 5.02 Å². The van der Waals surface area contributed by atoms with E-state index in [0.29, 0.717) is 5.02 Å². The molecule has 0 saturated carbocycles. The van der Waals surface area contributed by atoms with Crippen molar-refractivity contribution >= 4 is 29.2 Å². The first-order chi connectivity index (χ1) is 6.50. The van der Waals surface area contributed by atoms with Crippen molar-refractivity contribution in [3.63, 3.8) is 0 Å². The van der Waals surface area contributed by atoms with Crippen LogP contribution in [-0.4, -0.2) is 11.1 Å². The van der Waals surface area contributed by atoms with Gasteiger partial charge < -0.3 is 9.84 Å². The number of carboxylic acid groups (broad SMARTS) is 1. The molecule has 1 N–H and O–H groups in total. The van der Waals surface area contributed by atoms with Gasteiger partial charge in [-0.3, -0.25) is 0 Å². The zero-order chi connectivity index (χ0) is 10.7. The fraction of sp³-hybridized carbons (Fsp3) is 0. The second-order valence-corrected chi connectivity index (χ2v) is 3.25. The number of carbonyl (C=O) groups is 1. The van der Waals surface area contributed by atoms with Crippen LogP contribution in [0.2, 0.25) is 10.0 Å². The molecule has 0 saturated heterocycles. The Bertz CT molecular complexity index is 388. The maximum Gasteiger partial charge on any atom is 0.371 e. The monoisotopic (exact) mass is 232 g/mol. The predicted molar refractivity (Wildman–Crippen MR) is 53.9 cm³/mol. The molecule has 0 radical (unpaired) electrons. The smallest absolute Gasteiger partial charge is 0.371 e. The van der Waals surface area contributed by atoms with E-state index in [1.807, 2.05) is 0 Å². The van der Waals surface area contributed by atoms with Crippen LogP contribution in [-0.2, 0) is 4.79 Å². The molecule has 0 spiro atoms. The van der Waals surface area contributed by atoms with E-state index < -0.39 is 11.7 Å². The van der Waals surface area contributed by atoms with Gasteiger partial charge in [0.2, 0.25) is 5.76 Å². The zero-order valence-electron chi connectivity index (χ0n) is 6.96. The number of hydrogen-bond donors (Lipinski definition) is 1. The average molecular weight is 233 g/mol. The number of aliphatic carboxylic acids is 1. The van der Waals surface area contributed by atoms with Gasteiger partial charge in [0.1, 0.15) is 5.75 Å². The van der Waals surface area contributed by atoms with Crippen molar-refractivity contribution < 1.29 is 14.6 Å². The summed E-state index contributed by atoms with van der Waals surface area (Å²) in [5.74, 6) is -1.42. The van der Waals surface area contributed by atoms with Crippen molar-refractivity contribution in [3.8, 4) is 5.75 Å². The first kappa shape index (κ1) is 10.9. The first-order valence-corrected chi connectivity index (χ1v) is 4.31. The second-order valence-electron chi connectivity index (χ2n) is 2.41. The van der Waals surface area contributed by atoms with E-state index in [4.69, 9.17) is 33.0 Å². The van der Waals surface area contributed by atoms with Crippen LogP contribution in [0.25, 0.3) is 0 Å². The fourth-order valence-electron chi connectivity index (χ4n) is 0.734. The molecular formula is C9H6Cl2O3. The van der Waals surface area contributed by atoms with Crippen molar-refractivity contribution in [1.82, 2.24) is 0 Å². The molecule has 74 valence electrons. The lowest BCUT2D eigenvalue weighted by Gasteiger charge is -2.06. The Kier molecular flexibility index (Phi) is 3.38. The molecule has 1 aromatic carbocycles. The Balaban J connectivity index is 2.87. The maximum absolute atomic E-state index is 10.4. The molecular weight excluding hydrogens is 227 g/mol. The molecule has 0 aliphatic rings. The summed E-state index contributed by atoms with van der Waals surface area (Å²) in [6.45, 7) is 3.20. The molecule has 0 aliphatic heterocycles. The van der Waals surface area contributed by atoms with Crippen molar-refractivity contribution in [2.75, 3.05) is 0 Å². The normalized spacial score (nSPS) is 9.57. The summed E-state index contributed by atoms with van der Waals surface area (Å²) in [6.07, 6.45) is 0. The van der Waals surface area contributed by atoms with Crippen LogP contribution < -0.4 is 4.74 Å². The van der Waals surface area contributed by atoms with Gasteiger partial charge in [-0.15, -0.1) is 0 Å². The van der Waals surface area contributed by atoms with Crippen molar-refractivity contribution in [2.24, 2.45) is 0 Å². The number of carboxylic acids is 1. The number of rotatable bonds is 3. The highest BCUT2D eigenvalue weighted by atomic mass is 35.5. The van der Waals surface area contributed by atoms with Crippen LogP contribution in [0.4, 0.5) is 0 Å². The molecule has 0 atom stereocenters. The van der Waals surface area contributed by atoms with E-state index in [1.165, 1.54) is 18.2 Å². The highest BCUT2D eigenvalue weighted by molar-refractivity contribution is 6.35. The standard InChI is InChI=1S/C9H6Cl2O3/c1-5(9(12)13)14-8-3-2-6(10)4-7(8)11/h2-4H,1H2,(H,12,13). The van der Waals surface area contributed by atoms with Gasteiger partial charge in [-0.05, 0) is 24.8 Å². The lowest BCUT2D eigenvalue weighted by molar-refractivity contribution is -0.135. The summed E-state index contributed by atoms with van der Waals surface area (Å²) < 4.78 is 4.88. The van der Waals surface area contributed by atoms with E-state index in [0.717, 1.165) is 0 Å². The molecule has 1 rings (SSSR count). The number of benzene rings is 1. The average Bonchev–Trinajstić information content (AvgIpc) is 2.09. The minimum atomic E-state index is -1.24. The molecule has 5 heteroatoms. The minimum absolute atomic E-state index is 0.212. The lowest BCUT2D eigenvalue weighted by atomic mass is 10.3. The Morgan fingerprint density at radius 2 is 2.07 bits per heavy atom. The van der Waals surface area contributed by atoms with Crippen molar-refractivity contribution in [1.29, 1.82) is 0 Å². The summed E-state index contributed by atoms with van der Waals surface area (Å²) in [4.78, 5) is 10.4. The lowest BCUT2D eigenvalue weighted by Crippen LogP contribution is -2.05. The van der Waals surface area contributed by atoms with Gasteiger partial charge in [-0.25, -0.2) is 4.79 Å². The van der Waals surface area contributed by atoms with Crippen LogP contribution >= 0.6 is 23.2 Å². The third-order valence-corrected chi connectivity index (χ3v) is 1.90. The molecule has 0 unspecified atom stereocenters. The Morgan fingerprint density at radius 1 is 1.43 bits per heavy atom. The second kappa shape index (κ2) is 4.35. The van der Waals surface area contributed by atoms with Crippen LogP contribution in [0, 0.1) is 0 Å². The van der Waals surface area contributed by atoms with Crippen LogP contribution in [0.1, 0.15) is 0 Å². The summed E-state index contributed by atoms with van der Waals surface area (Å²) in [5, 5.41) is 9.18. The molecule has 14 heavy (non-hydrogen) atoms. The molecule has 0 heterocycles. The van der Waals surface area contributed by atoms with Gasteiger partial charge >= 0.3 is 5.97 Å². The van der Waals surface area contributed by atoms with Crippen LogP contribution in [0.5, 0.6) is 5.75 Å². The fourth-order valence-corrected chi connectivity index (χ4v) is 1.18. The SMILES string of the molecule is C=C(Oc1ccc(Cl)cc1Cl)C(=O)O. The maximum atomic E-state index is 10.4. The van der Waals surface area contributed by atoms with E-state index in [9.17, 15) is 4.79 Å². The molecule has 0 fully saturated rings. The first-order valence-electron chi connectivity index (χ1n) is 3.56. The molecule has 0 aliphatic carbocycles. The van der Waals surface area contributed by atoms with Gasteiger partial charge in [-0.2, -0.15) is 0 Å². The quantitative estimate of drug-likeness (QED) is 0.644. The Hall–Kier alpha value is -1.19. The van der Waals surface area contributed by atoms with Gasteiger partial charge in [-0.1, -0.05) is 23.2 Å². The topological polar surface area (TPSA) is 46.5 Å². The van der Waals surface area contributed by atoms with Gasteiger partial charge in [0.25, 0.3) is 0 Å². The molecule has 0 bridgehead atoms. The zero-order valence-corrected chi connectivity index (χ0v) is 8.47. The molecule has 1 aromatic rings. The van der Waals surface area contributed by atoms with Crippen molar-refractivity contribution in [3.05, 3.63) is 40.6 Å². The van der Waals surface area contributed by atoms with E-state index in [-0.39, 0.29) is 10.8 Å². The minimum Gasteiger partial charge on any atom is -0.475 e. The highest BCUT2D eigenvalue weighted by Gasteiger charge is 2.09.